The van der Waals surface area contributed by atoms with Gasteiger partial charge in [0.25, 0.3) is 0 Å². The quantitative estimate of drug-likeness (QED) is 0.563. The van der Waals surface area contributed by atoms with Crippen LogP contribution in [-0.4, -0.2) is 6.61 Å². The van der Waals surface area contributed by atoms with Crippen LogP contribution in [0.5, 0.6) is 5.75 Å². The van der Waals surface area contributed by atoms with E-state index in [4.69, 9.17) is 27.9 Å². The van der Waals surface area contributed by atoms with E-state index in [2.05, 4.69) is 41.9 Å². The van der Waals surface area contributed by atoms with Gasteiger partial charge in [0.15, 0.2) is 0 Å². The molecule has 0 aromatic heterocycles. The molecule has 21 heavy (non-hydrogen) atoms. The second-order valence-corrected chi connectivity index (χ2v) is 7.63. The average molecular weight is 386 g/mol. The molecule has 0 saturated heterocycles. The van der Waals surface area contributed by atoms with E-state index in [1.54, 1.807) is 6.07 Å². The molecule has 0 aliphatic carbocycles. The van der Waals surface area contributed by atoms with Crippen molar-refractivity contribution in [3.05, 3.63) is 63.1 Å². The number of hydrogen-bond donors (Lipinski definition) is 0. The number of benzene rings is 2. The molecule has 1 aliphatic rings. The summed E-state index contributed by atoms with van der Waals surface area (Å²) in [5, 5.41) is 1.17. The van der Waals surface area contributed by atoms with Crippen LogP contribution in [0.4, 0.5) is 0 Å². The van der Waals surface area contributed by atoms with Gasteiger partial charge in [-0.2, -0.15) is 0 Å². The van der Waals surface area contributed by atoms with Gasteiger partial charge in [0, 0.05) is 11.0 Å². The Balaban J connectivity index is 2.03. The zero-order valence-corrected chi connectivity index (χ0v) is 14.9. The van der Waals surface area contributed by atoms with Crippen LogP contribution < -0.4 is 4.74 Å². The number of ether oxygens (including phenoxy) is 1. The van der Waals surface area contributed by atoms with E-state index in [1.165, 1.54) is 5.56 Å². The van der Waals surface area contributed by atoms with Crippen LogP contribution >= 0.6 is 39.1 Å². The first kappa shape index (κ1) is 15.2. The molecule has 0 amide bonds. The first-order valence-corrected chi connectivity index (χ1v) is 8.42. The van der Waals surface area contributed by atoms with Gasteiger partial charge in [0.2, 0.25) is 0 Å². The Kier molecular flexibility index (Phi) is 3.98. The highest BCUT2D eigenvalue weighted by molar-refractivity contribution is 9.09. The van der Waals surface area contributed by atoms with Gasteiger partial charge in [0.05, 0.1) is 21.5 Å². The minimum Gasteiger partial charge on any atom is -0.492 e. The Bertz CT molecular complexity index is 697. The third-order valence-corrected chi connectivity index (χ3v) is 5.72. The van der Waals surface area contributed by atoms with Crippen molar-refractivity contribution in [2.45, 2.75) is 24.1 Å². The molecule has 110 valence electrons. The highest BCUT2D eigenvalue weighted by Gasteiger charge is 2.32. The van der Waals surface area contributed by atoms with Crippen LogP contribution in [0.1, 0.15) is 35.4 Å². The highest BCUT2D eigenvalue weighted by Crippen LogP contribution is 2.43. The Morgan fingerprint density at radius 2 is 1.95 bits per heavy atom. The fourth-order valence-electron chi connectivity index (χ4n) is 2.59. The Morgan fingerprint density at radius 3 is 2.71 bits per heavy atom. The Hall–Kier alpha value is -0.700. The van der Waals surface area contributed by atoms with Gasteiger partial charge in [-0.05, 0) is 29.3 Å². The molecule has 0 bridgehead atoms. The summed E-state index contributed by atoms with van der Waals surface area (Å²) in [5.74, 6) is 0.973. The van der Waals surface area contributed by atoms with Gasteiger partial charge >= 0.3 is 0 Å². The second kappa shape index (κ2) is 5.49. The molecule has 1 aliphatic heterocycles. The third-order valence-electron chi connectivity index (χ3n) is 3.87. The number of rotatable bonds is 2. The van der Waals surface area contributed by atoms with E-state index in [1.807, 2.05) is 18.2 Å². The van der Waals surface area contributed by atoms with Crippen LogP contribution in [0, 0.1) is 0 Å². The van der Waals surface area contributed by atoms with Crippen LogP contribution in [0.25, 0.3) is 0 Å². The maximum atomic E-state index is 6.32. The first-order valence-electron chi connectivity index (χ1n) is 6.75. The molecule has 0 radical (unpaired) electrons. The monoisotopic (exact) mass is 384 g/mol. The summed E-state index contributed by atoms with van der Waals surface area (Å²) in [4.78, 5) is 0.00500. The minimum atomic E-state index is 0.00500. The lowest BCUT2D eigenvalue weighted by atomic mass is 9.85. The van der Waals surface area contributed by atoms with Gasteiger partial charge in [0.1, 0.15) is 5.75 Å². The normalized spacial score (nSPS) is 17.2. The Morgan fingerprint density at radius 1 is 1.19 bits per heavy atom. The predicted molar refractivity (Wildman–Crippen MR) is 92.2 cm³/mol. The molecule has 0 saturated carbocycles. The summed E-state index contributed by atoms with van der Waals surface area (Å²) in [5.41, 5.74) is 3.40. The SMILES string of the molecule is CC1(C)COc2ccc(C(Br)c3cccc(Cl)c3Cl)cc21. The topological polar surface area (TPSA) is 9.23 Å². The number of fused-ring (bicyclic) bond motifs is 1. The average Bonchev–Trinajstić information content (AvgIpc) is 2.76. The van der Waals surface area contributed by atoms with Crippen molar-refractivity contribution < 1.29 is 4.74 Å². The molecule has 1 nitrogen and oxygen atoms in total. The summed E-state index contributed by atoms with van der Waals surface area (Å²) in [6.07, 6.45) is 0. The molecule has 3 rings (SSSR count). The summed E-state index contributed by atoms with van der Waals surface area (Å²) in [6, 6.07) is 12.0. The van der Waals surface area contributed by atoms with E-state index < -0.39 is 0 Å². The van der Waals surface area contributed by atoms with E-state index in [-0.39, 0.29) is 10.2 Å². The number of alkyl halides is 1. The summed E-state index contributed by atoms with van der Waals surface area (Å²) < 4.78 is 5.73. The molecule has 0 N–H and O–H groups in total. The standard InChI is InChI=1S/C17H15BrCl2O/c1-17(2)9-21-14-7-6-10(8-12(14)17)15(18)11-4-3-5-13(19)16(11)20/h3-8,15H,9H2,1-2H3. The van der Waals surface area contributed by atoms with Crippen LogP contribution in [0.3, 0.4) is 0 Å². The summed E-state index contributed by atoms with van der Waals surface area (Å²) >= 11 is 16.2. The van der Waals surface area contributed by atoms with Gasteiger partial charge in [-0.1, -0.05) is 71.2 Å². The lowest BCUT2D eigenvalue weighted by molar-refractivity contribution is 0.291. The van der Waals surface area contributed by atoms with Crippen molar-refractivity contribution in [2.24, 2.45) is 0 Å². The van der Waals surface area contributed by atoms with Crippen molar-refractivity contribution in [3.63, 3.8) is 0 Å². The van der Waals surface area contributed by atoms with Crippen LogP contribution in [0.15, 0.2) is 36.4 Å². The van der Waals surface area contributed by atoms with Crippen molar-refractivity contribution in [3.8, 4) is 5.75 Å². The molecule has 2 aromatic rings. The third kappa shape index (κ3) is 2.69. The van der Waals surface area contributed by atoms with Crippen molar-refractivity contribution >= 4 is 39.1 Å². The maximum absolute atomic E-state index is 6.32. The van der Waals surface area contributed by atoms with Gasteiger partial charge in [-0.3, -0.25) is 0 Å². The lowest BCUT2D eigenvalue weighted by Gasteiger charge is -2.18. The fourth-order valence-corrected chi connectivity index (χ4v) is 3.81. The van der Waals surface area contributed by atoms with Crippen molar-refractivity contribution in [2.75, 3.05) is 6.61 Å². The molecule has 4 heteroatoms. The van der Waals surface area contributed by atoms with Crippen LogP contribution in [0.2, 0.25) is 10.0 Å². The van der Waals surface area contributed by atoms with Gasteiger partial charge < -0.3 is 4.74 Å². The Labute approximate surface area is 143 Å². The zero-order valence-electron chi connectivity index (χ0n) is 11.8. The molecule has 2 aromatic carbocycles. The second-order valence-electron chi connectivity index (χ2n) is 5.93. The molecule has 0 spiro atoms. The first-order chi connectivity index (χ1) is 9.90. The number of hydrogen-bond acceptors (Lipinski definition) is 1. The summed E-state index contributed by atoms with van der Waals surface area (Å²) in [6.45, 7) is 5.10. The molecular formula is C17H15BrCl2O. The van der Waals surface area contributed by atoms with E-state index in [9.17, 15) is 0 Å². The maximum Gasteiger partial charge on any atom is 0.123 e. The van der Waals surface area contributed by atoms with E-state index in [0.29, 0.717) is 10.0 Å². The highest BCUT2D eigenvalue weighted by atomic mass is 79.9. The van der Waals surface area contributed by atoms with E-state index >= 15 is 0 Å². The smallest absolute Gasteiger partial charge is 0.123 e. The summed E-state index contributed by atoms with van der Waals surface area (Å²) in [7, 11) is 0. The van der Waals surface area contributed by atoms with Crippen molar-refractivity contribution in [1.82, 2.24) is 0 Å². The fraction of sp³-hybridized carbons (Fsp3) is 0.294. The van der Waals surface area contributed by atoms with Gasteiger partial charge in [-0.15, -0.1) is 0 Å². The molecule has 1 heterocycles. The van der Waals surface area contributed by atoms with E-state index in [0.717, 1.165) is 23.5 Å². The predicted octanol–water partition coefficient (Wildman–Crippen LogP) is 6.15. The molecule has 1 atom stereocenters. The van der Waals surface area contributed by atoms with Gasteiger partial charge in [-0.25, -0.2) is 0 Å². The van der Waals surface area contributed by atoms with Crippen LogP contribution in [-0.2, 0) is 5.41 Å². The number of halogens is 3. The zero-order chi connectivity index (χ0) is 15.2. The largest absolute Gasteiger partial charge is 0.492 e. The lowest BCUT2D eigenvalue weighted by Crippen LogP contribution is -2.18. The molecule has 0 fully saturated rings. The molecular weight excluding hydrogens is 371 g/mol. The molecule has 1 unspecified atom stereocenters. The minimum absolute atomic E-state index is 0.00500. The van der Waals surface area contributed by atoms with Crippen molar-refractivity contribution in [1.29, 1.82) is 0 Å².